The van der Waals surface area contributed by atoms with Crippen LogP contribution in [0.3, 0.4) is 0 Å². The highest BCUT2D eigenvalue weighted by Crippen LogP contribution is 2.09. The number of ether oxygens (including phenoxy) is 2. The Labute approximate surface area is 224 Å². The van der Waals surface area contributed by atoms with Crippen LogP contribution < -0.4 is 21.3 Å². The van der Waals surface area contributed by atoms with Gasteiger partial charge in [-0.2, -0.15) is 0 Å². The zero-order valence-electron chi connectivity index (χ0n) is 23.1. The molecule has 212 valence electrons. The van der Waals surface area contributed by atoms with Gasteiger partial charge >= 0.3 is 12.2 Å². The van der Waals surface area contributed by atoms with Crippen LogP contribution in [0.2, 0.25) is 0 Å². The van der Waals surface area contributed by atoms with E-state index in [4.69, 9.17) is 9.47 Å². The summed E-state index contributed by atoms with van der Waals surface area (Å²) in [5.41, 5.74) is 0.0436. The maximum Gasteiger partial charge on any atom is 0.416 e. The van der Waals surface area contributed by atoms with Gasteiger partial charge in [-0.25, -0.2) is 14.5 Å². The topological polar surface area (TPSA) is 155 Å². The van der Waals surface area contributed by atoms with E-state index >= 15 is 0 Å². The molecule has 0 bridgehead atoms. The largest absolute Gasteiger partial charge is 0.444 e. The fourth-order valence-corrected chi connectivity index (χ4v) is 3.17. The van der Waals surface area contributed by atoms with Gasteiger partial charge in [0.1, 0.15) is 18.2 Å². The molecule has 0 radical (unpaired) electrons. The molecule has 0 aliphatic carbocycles. The van der Waals surface area contributed by atoms with Crippen molar-refractivity contribution in [1.82, 2.24) is 26.2 Å². The fourth-order valence-electron chi connectivity index (χ4n) is 3.17. The molecular weight excluding hydrogens is 494 g/mol. The number of alkyl carbamates (subject to hydrolysis) is 1. The summed E-state index contributed by atoms with van der Waals surface area (Å²) in [4.78, 5) is 62.8. The summed E-state index contributed by atoms with van der Waals surface area (Å²) in [6, 6.07) is 8.14. The lowest BCUT2D eigenvalue weighted by molar-refractivity contribution is -0.129. The van der Waals surface area contributed by atoms with Crippen LogP contribution in [0.1, 0.15) is 46.6 Å². The van der Waals surface area contributed by atoms with Crippen molar-refractivity contribution in [2.75, 3.05) is 33.2 Å². The molecule has 0 aromatic heterocycles. The van der Waals surface area contributed by atoms with Gasteiger partial charge in [0, 0.05) is 13.1 Å². The Kier molecular flexibility index (Phi) is 13.8. The standard InChI is InChI=1S/C26H41N5O7/c1-18(2)14-20(30-24(35)38-26(3,4)5)23(34)29-15-21(32)28-12-13-31(22(33)16-27-6)25(36)37-17-19-10-8-7-9-11-19/h7-11,18,20,27H,12-17H2,1-6H3,(H,28,32)(H,29,34)(H,30,35)/t20-/m0/s1. The first-order valence-corrected chi connectivity index (χ1v) is 12.5. The quantitative estimate of drug-likeness (QED) is 0.297. The number of rotatable bonds is 13. The van der Waals surface area contributed by atoms with Gasteiger partial charge in [-0.3, -0.25) is 14.4 Å². The number of benzene rings is 1. The van der Waals surface area contributed by atoms with Crippen LogP contribution in [-0.2, 0) is 30.5 Å². The zero-order valence-corrected chi connectivity index (χ0v) is 23.1. The second kappa shape index (κ2) is 16.2. The van der Waals surface area contributed by atoms with E-state index in [1.807, 2.05) is 19.9 Å². The van der Waals surface area contributed by atoms with Crippen LogP contribution in [0.25, 0.3) is 0 Å². The highest BCUT2D eigenvalue weighted by atomic mass is 16.6. The molecule has 0 spiro atoms. The highest BCUT2D eigenvalue weighted by molar-refractivity contribution is 5.93. The van der Waals surface area contributed by atoms with Crippen LogP contribution in [0.4, 0.5) is 9.59 Å². The first-order valence-electron chi connectivity index (χ1n) is 12.5. The highest BCUT2D eigenvalue weighted by Gasteiger charge is 2.26. The molecule has 0 unspecified atom stereocenters. The lowest BCUT2D eigenvalue weighted by Crippen LogP contribution is -2.51. The molecule has 0 aliphatic heterocycles. The number of carbonyl (C=O) groups is 5. The lowest BCUT2D eigenvalue weighted by atomic mass is 10.0. The molecule has 1 aromatic rings. The van der Waals surface area contributed by atoms with E-state index in [0.717, 1.165) is 10.5 Å². The summed E-state index contributed by atoms with van der Waals surface area (Å²) in [5.74, 6) is -1.48. The molecule has 0 heterocycles. The number of nitrogens with one attached hydrogen (secondary N) is 4. The third kappa shape index (κ3) is 13.6. The minimum atomic E-state index is -0.883. The number of likely N-dealkylation sites (N-methyl/N-ethyl adjacent to an activating group) is 1. The van der Waals surface area contributed by atoms with E-state index in [2.05, 4.69) is 21.3 Å². The molecule has 0 aliphatic rings. The normalized spacial score (nSPS) is 11.8. The number of hydrogen-bond donors (Lipinski definition) is 4. The minimum absolute atomic E-state index is 0.00370. The van der Waals surface area contributed by atoms with Crippen molar-refractivity contribution in [1.29, 1.82) is 0 Å². The Morgan fingerprint density at radius 3 is 2.21 bits per heavy atom. The van der Waals surface area contributed by atoms with Crippen LogP contribution in [0, 0.1) is 5.92 Å². The van der Waals surface area contributed by atoms with E-state index in [-0.39, 0.29) is 38.7 Å². The van der Waals surface area contributed by atoms with E-state index in [9.17, 15) is 24.0 Å². The van der Waals surface area contributed by atoms with Crippen molar-refractivity contribution in [2.45, 2.75) is 59.3 Å². The number of hydrogen-bond acceptors (Lipinski definition) is 8. The van der Waals surface area contributed by atoms with Gasteiger partial charge in [-0.1, -0.05) is 44.2 Å². The van der Waals surface area contributed by atoms with Gasteiger partial charge < -0.3 is 30.7 Å². The third-order valence-corrected chi connectivity index (χ3v) is 4.85. The number of carbonyl (C=O) groups excluding carboxylic acids is 5. The Balaban J connectivity index is 2.59. The summed E-state index contributed by atoms with van der Waals surface area (Å²) < 4.78 is 10.5. The Morgan fingerprint density at radius 2 is 1.63 bits per heavy atom. The van der Waals surface area contributed by atoms with Gasteiger partial charge in [0.25, 0.3) is 0 Å². The monoisotopic (exact) mass is 535 g/mol. The molecule has 1 rings (SSSR count). The van der Waals surface area contributed by atoms with Gasteiger partial charge in [-0.15, -0.1) is 0 Å². The summed E-state index contributed by atoms with van der Waals surface area (Å²) in [6.45, 7) is 8.32. The molecule has 1 aromatic carbocycles. The molecule has 4 N–H and O–H groups in total. The van der Waals surface area contributed by atoms with Crippen molar-refractivity contribution < 1.29 is 33.4 Å². The predicted octanol–water partition coefficient (Wildman–Crippen LogP) is 1.54. The summed E-state index contributed by atoms with van der Waals surface area (Å²) >= 11 is 0. The summed E-state index contributed by atoms with van der Waals surface area (Å²) in [6.07, 6.45) is -1.21. The van der Waals surface area contributed by atoms with Crippen LogP contribution in [0.5, 0.6) is 0 Å². The zero-order chi connectivity index (χ0) is 28.7. The number of nitrogens with zero attached hydrogens (tertiary/aromatic N) is 1. The van der Waals surface area contributed by atoms with E-state index in [1.54, 1.807) is 52.1 Å². The molecular formula is C26H41N5O7. The van der Waals surface area contributed by atoms with Crippen LogP contribution in [-0.4, -0.2) is 79.7 Å². The summed E-state index contributed by atoms with van der Waals surface area (Å²) in [5, 5.41) is 10.3. The van der Waals surface area contributed by atoms with Crippen molar-refractivity contribution in [3.8, 4) is 0 Å². The van der Waals surface area contributed by atoms with Crippen molar-refractivity contribution >= 4 is 29.9 Å². The van der Waals surface area contributed by atoms with Gasteiger partial charge in [0.15, 0.2) is 0 Å². The molecule has 0 saturated carbocycles. The van der Waals surface area contributed by atoms with E-state index < -0.39 is 41.6 Å². The smallest absolute Gasteiger partial charge is 0.416 e. The Morgan fingerprint density at radius 1 is 0.974 bits per heavy atom. The average Bonchev–Trinajstić information content (AvgIpc) is 2.82. The molecule has 38 heavy (non-hydrogen) atoms. The average molecular weight is 536 g/mol. The maximum atomic E-state index is 12.6. The van der Waals surface area contributed by atoms with Crippen molar-refractivity contribution in [2.24, 2.45) is 5.92 Å². The minimum Gasteiger partial charge on any atom is -0.444 e. The molecule has 1 atom stereocenters. The van der Waals surface area contributed by atoms with E-state index in [1.165, 1.54) is 0 Å². The van der Waals surface area contributed by atoms with Gasteiger partial charge in [-0.05, 0) is 45.7 Å². The molecule has 12 heteroatoms. The first kappa shape index (κ1) is 32.4. The number of imide groups is 1. The van der Waals surface area contributed by atoms with E-state index in [0.29, 0.717) is 6.42 Å². The molecule has 0 fully saturated rings. The van der Waals surface area contributed by atoms with Gasteiger partial charge in [0.2, 0.25) is 17.7 Å². The SMILES string of the molecule is CNCC(=O)N(CCNC(=O)CNC(=O)[C@H](CC(C)C)NC(=O)OC(C)(C)C)C(=O)OCc1ccccc1. The second-order valence-electron chi connectivity index (χ2n) is 10.0. The van der Waals surface area contributed by atoms with Crippen LogP contribution >= 0.6 is 0 Å². The Hall–Kier alpha value is -3.67. The molecule has 12 nitrogen and oxygen atoms in total. The number of amides is 5. The maximum absolute atomic E-state index is 12.6. The third-order valence-electron chi connectivity index (χ3n) is 4.85. The molecule has 5 amide bonds. The lowest BCUT2D eigenvalue weighted by Gasteiger charge is -2.24. The first-order chi connectivity index (χ1) is 17.8. The molecule has 0 saturated heterocycles. The van der Waals surface area contributed by atoms with Crippen molar-refractivity contribution in [3.63, 3.8) is 0 Å². The summed E-state index contributed by atoms with van der Waals surface area (Å²) in [7, 11) is 1.57. The van der Waals surface area contributed by atoms with Gasteiger partial charge in [0.05, 0.1) is 13.1 Å². The predicted molar refractivity (Wildman–Crippen MR) is 141 cm³/mol. The fraction of sp³-hybridized carbons (Fsp3) is 0.577. The Bertz CT molecular complexity index is 932. The van der Waals surface area contributed by atoms with Crippen LogP contribution in [0.15, 0.2) is 30.3 Å². The second-order valence-corrected chi connectivity index (χ2v) is 10.0. The van der Waals surface area contributed by atoms with Crippen molar-refractivity contribution in [3.05, 3.63) is 35.9 Å².